The maximum Gasteiger partial charge on any atom is 0.250 e. The summed E-state index contributed by atoms with van der Waals surface area (Å²) in [4.78, 5) is 0. The third-order valence-electron chi connectivity index (χ3n) is 4.46. The molecular weight excluding hydrogens is 358 g/mol. The van der Waals surface area contributed by atoms with E-state index in [9.17, 15) is 0 Å². The summed E-state index contributed by atoms with van der Waals surface area (Å²) in [7, 11) is 0. The van der Waals surface area contributed by atoms with E-state index in [-0.39, 0.29) is 0 Å². The molecule has 1 N–H and O–H groups in total. The van der Waals surface area contributed by atoms with Crippen molar-refractivity contribution >= 4 is 23.3 Å². The van der Waals surface area contributed by atoms with Gasteiger partial charge < -0.3 is 0 Å². The van der Waals surface area contributed by atoms with Crippen LogP contribution in [0, 0.1) is 0 Å². The first-order valence-electron chi connectivity index (χ1n) is 8.51. The molecule has 3 aromatic carbocycles. The van der Waals surface area contributed by atoms with Gasteiger partial charge in [0.1, 0.15) is 5.71 Å². The lowest BCUT2D eigenvalue weighted by atomic mass is 10.0. The summed E-state index contributed by atoms with van der Waals surface area (Å²) in [6.45, 7) is 0. The summed E-state index contributed by atoms with van der Waals surface area (Å²) in [5, 5.41) is 13.9. The molecule has 1 aliphatic heterocycles. The van der Waals surface area contributed by atoms with Crippen molar-refractivity contribution in [3.05, 3.63) is 95.0 Å². The van der Waals surface area contributed by atoms with E-state index in [1.807, 2.05) is 83.4 Å². The molecule has 0 bridgehead atoms. The lowest BCUT2D eigenvalue weighted by molar-refractivity contribution is 1.05. The van der Waals surface area contributed by atoms with E-state index in [2.05, 4.69) is 20.7 Å². The molecule has 0 amide bonds. The molecule has 4 aromatic rings. The van der Waals surface area contributed by atoms with E-state index in [1.165, 1.54) is 0 Å². The fraction of sp³-hybridized carbons (Fsp3) is 0. The zero-order valence-corrected chi connectivity index (χ0v) is 14.9. The molecule has 0 unspecified atom stereocenters. The standard InChI is InChI=1S/C21H14ClN5/c22-16-11-12-18-17(13-16)19(14-7-3-1-4-8-14)23-25-21-26-24-20(27(18)21)15-9-5-2-6-10-15/h1-13H,(H,25,26). The Balaban J connectivity index is 1.77. The predicted molar refractivity (Wildman–Crippen MR) is 108 cm³/mol. The molecule has 0 saturated heterocycles. The number of anilines is 1. The maximum absolute atomic E-state index is 6.32. The number of hydrogen-bond donors (Lipinski definition) is 1. The molecule has 0 aliphatic carbocycles. The average molecular weight is 372 g/mol. The van der Waals surface area contributed by atoms with Crippen LogP contribution in [0.4, 0.5) is 5.95 Å². The summed E-state index contributed by atoms with van der Waals surface area (Å²) in [5.74, 6) is 1.30. The Labute approximate surface area is 161 Å². The van der Waals surface area contributed by atoms with Gasteiger partial charge in [0.05, 0.1) is 5.69 Å². The molecule has 0 saturated carbocycles. The summed E-state index contributed by atoms with van der Waals surface area (Å²) in [5.41, 5.74) is 7.67. The van der Waals surface area contributed by atoms with E-state index in [0.717, 1.165) is 33.9 Å². The fourth-order valence-corrected chi connectivity index (χ4v) is 3.41. The van der Waals surface area contributed by atoms with Crippen molar-refractivity contribution in [2.45, 2.75) is 0 Å². The molecule has 5 nitrogen and oxygen atoms in total. The van der Waals surface area contributed by atoms with E-state index in [0.29, 0.717) is 11.0 Å². The van der Waals surface area contributed by atoms with Crippen molar-refractivity contribution in [2.75, 3.05) is 5.43 Å². The predicted octanol–water partition coefficient (Wildman–Crippen LogP) is 4.77. The Bertz CT molecular complexity index is 1150. The molecule has 2 heterocycles. The number of aromatic nitrogens is 3. The van der Waals surface area contributed by atoms with Crippen LogP contribution in [0.5, 0.6) is 0 Å². The summed E-state index contributed by atoms with van der Waals surface area (Å²) in [6, 6.07) is 25.7. The van der Waals surface area contributed by atoms with Crippen LogP contribution in [0.2, 0.25) is 5.02 Å². The fourth-order valence-electron chi connectivity index (χ4n) is 3.23. The maximum atomic E-state index is 6.32. The molecule has 6 heteroatoms. The minimum absolute atomic E-state index is 0.559. The van der Waals surface area contributed by atoms with Crippen molar-refractivity contribution in [1.29, 1.82) is 0 Å². The van der Waals surface area contributed by atoms with Gasteiger partial charge in [0.25, 0.3) is 0 Å². The largest absolute Gasteiger partial charge is 0.259 e. The topological polar surface area (TPSA) is 55.1 Å². The van der Waals surface area contributed by atoms with Gasteiger partial charge >= 0.3 is 0 Å². The second-order valence-electron chi connectivity index (χ2n) is 6.15. The van der Waals surface area contributed by atoms with E-state index < -0.39 is 0 Å². The van der Waals surface area contributed by atoms with E-state index in [1.54, 1.807) is 0 Å². The summed E-state index contributed by atoms with van der Waals surface area (Å²) in [6.07, 6.45) is 0. The zero-order chi connectivity index (χ0) is 18.2. The third-order valence-corrected chi connectivity index (χ3v) is 4.70. The van der Waals surface area contributed by atoms with Gasteiger partial charge in [0.2, 0.25) is 5.95 Å². The molecule has 27 heavy (non-hydrogen) atoms. The summed E-state index contributed by atoms with van der Waals surface area (Å²) >= 11 is 6.32. The number of hydrogen-bond acceptors (Lipinski definition) is 4. The summed E-state index contributed by atoms with van der Waals surface area (Å²) < 4.78 is 1.97. The number of fused-ring (bicyclic) bond motifs is 3. The van der Waals surface area contributed by atoms with Gasteiger partial charge in [0, 0.05) is 21.7 Å². The minimum Gasteiger partial charge on any atom is -0.259 e. The van der Waals surface area contributed by atoms with Crippen LogP contribution in [0.1, 0.15) is 11.1 Å². The SMILES string of the molecule is Clc1ccc2c(c1)C(c1ccccc1)=NNc1nnc(-c3ccccc3)n1-2. The molecular formula is C21H14ClN5. The molecule has 0 atom stereocenters. The number of benzene rings is 3. The second kappa shape index (κ2) is 6.37. The van der Waals surface area contributed by atoms with Crippen LogP contribution < -0.4 is 5.43 Å². The van der Waals surface area contributed by atoms with E-state index >= 15 is 0 Å². The quantitative estimate of drug-likeness (QED) is 0.552. The molecule has 0 spiro atoms. The highest BCUT2D eigenvalue weighted by molar-refractivity contribution is 6.31. The second-order valence-corrected chi connectivity index (χ2v) is 6.58. The van der Waals surface area contributed by atoms with Gasteiger partial charge in [-0.1, -0.05) is 72.3 Å². The highest BCUT2D eigenvalue weighted by Gasteiger charge is 2.23. The number of hydrazone groups is 1. The van der Waals surface area contributed by atoms with Crippen molar-refractivity contribution in [3.8, 4) is 17.1 Å². The van der Waals surface area contributed by atoms with Gasteiger partial charge in [0.15, 0.2) is 5.82 Å². The number of rotatable bonds is 2. The van der Waals surface area contributed by atoms with Gasteiger partial charge in [-0.25, -0.2) is 5.43 Å². The van der Waals surface area contributed by atoms with Crippen LogP contribution >= 0.6 is 11.6 Å². The molecule has 0 fully saturated rings. The van der Waals surface area contributed by atoms with Crippen molar-refractivity contribution in [1.82, 2.24) is 14.8 Å². The monoisotopic (exact) mass is 371 g/mol. The lowest BCUT2D eigenvalue weighted by Crippen LogP contribution is -2.07. The van der Waals surface area contributed by atoms with Crippen LogP contribution in [-0.4, -0.2) is 20.5 Å². The molecule has 1 aliphatic rings. The lowest BCUT2D eigenvalue weighted by Gasteiger charge is -2.13. The third kappa shape index (κ3) is 2.69. The van der Waals surface area contributed by atoms with Gasteiger partial charge in [-0.05, 0) is 18.2 Å². The smallest absolute Gasteiger partial charge is 0.250 e. The Morgan fingerprint density at radius 1 is 0.778 bits per heavy atom. The molecule has 5 rings (SSSR count). The molecule has 1 aromatic heterocycles. The van der Waals surface area contributed by atoms with Crippen LogP contribution in [0.25, 0.3) is 17.1 Å². The first-order chi connectivity index (χ1) is 13.3. The van der Waals surface area contributed by atoms with Gasteiger partial charge in [-0.2, -0.15) is 5.10 Å². The van der Waals surface area contributed by atoms with E-state index in [4.69, 9.17) is 11.6 Å². The first kappa shape index (κ1) is 15.8. The van der Waals surface area contributed by atoms with Crippen LogP contribution in [-0.2, 0) is 0 Å². The zero-order valence-electron chi connectivity index (χ0n) is 14.2. The molecule has 130 valence electrons. The Morgan fingerprint density at radius 3 is 2.22 bits per heavy atom. The number of nitrogens with one attached hydrogen (secondary N) is 1. The number of halogens is 1. The Morgan fingerprint density at radius 2 is 1.48 bits per heavy atom. The van der Waals surface area contributed by atoms with Crippen molar-refractivity contribution in [3.63, 3.8) is 0 Å². The van der Waals surface area contributed by atoms with Crippen LogP contribution in [0.3, 0.4) is 0 Å². The Hall–Kier alpha value is -3.44. The normalized spacial score (nSPS) is 12.4. The number of nitrogens with zero attached hydrogens (tertiary/aromatic N) is 4. The molecule has 0 radical (unpaired) electrons. The minimum atomic E-state index is 0.559. The first-order valence-corrected chi connectivity index (χ1v) is 8.89. The highest BCUT2D eigenvalue weighted by atomic mass is 35.5. The van der Waals surface area contributed by atoms with Gasteiger partial charge in [-0.3, -0.25) is 4.57 Å². The average Bonchev–Trinajstić information content (AvgIpc) is 3.07. The Kier molecular flexibility index (Phi) is 3.73. The van der Waals surface area contributed by atoms with Gasteiger partial charge in [-0.15, -0.1) is 10.2 Å². The van der Waals surface area contributed by atoms with Crippen molar-refractivity contribution in [2.24, 2.45) is 5.10 Å². The van der Waals surface area contributed by atoms with Crippen LogP contribution in [0.15, 0.2) is 84.0 Å². The highest BCUT2D eigenvalue weighted by Crippen LogP contribution is 2.32. The van der Waals surface area contributed by atoms with Crippen molar-refractivity contribution < 1.29 is 0 Å².